The molecule has 0 bridgehead atoms. The summed E-state index contributed by atoms with van der Waals surface area (Å²) < 4.78 is 35.9. The molecule has 1 saturated heterocycles. The standard InChI is InChI=1S/C27H36FN3O6/c1-4-5-6-13-37-25-17-22(8-10-24(25)35-3)29-27(33)31(19-26(32)30-11-14-36-15-12-30)18-20-16-21(28)7-9-23(20)34-2/h7-10,16-17H,4-6,11-15,18-19H2,1-3H3,(H,29,33). The summed E-state index contributed by atoms with van der Waals surface area (Å²) in [4.78, 5) is 29.4. The molecule has 1 heterocycles. The highest BCUT2D eigenvalue weighted by molar-refractivity contribution is 5.92. The molecule has 3 rings (SSSR count). The van der Waals surface area contributed by atoms with Crippen molar-refractivity contribution in [3.63, 3.8) is 0 Å². The molecule has 37 heavy (non-hydrogen) atoms. The van der Waals surface area contributed by atoms with Crippen molar-refractivity contribution in [1.29, 1.82) is 0 Å². The quantitative estimate of drug-likeness (QED) is 0.422. The van der Waals surface area contributed by atoms with E-state index in [9.17, 15) is 14.0 Å². The van der Waals surface area contributed by atoms with E-state index in [0.29, 0.717) is 61.4 Å². The number of nitrogens with zero attached hydrogens (tertiary/aromatic N) is 2. The number of hydrogen-bond donors (Lipinski definition) is 1. The number of urea groups is 1. The van der Waals surface area contributed by atoms with Crippen molar-refractivity contribution in [3.8, 4) is 17.2 Å². The van der Waals surface area contributed by atoms with Crippen LogP contribution in [0.5, 0.6) is 17.2 Å². The Morgan fingerprint density at radius 2 is 1.76 bits per heavy atom. The Balaban J connectivity index is 1.79. The summed E-state index contributed by atoms with van der Waals surface area (Å²) in [6.45, 7) is 4.23. The molecule has 1 N–H and O–H groups in total. The number of nitrogens with one attached hydrogen (secondary N) is 1. The number of morpholine rings is 1. The summed E-state index contributed by atoms with van der Waals surface area (Å²) in [5.41, 5.74) is 0.924. The molecule has 0 unspecified atom stereocenters. The molecule has 202 valence electrons. The van der Waals surface area contributed by atoms with Crippen LogP contribution in [0.15, 0.2) is 36.4 Å². The molecule has 1 aliphatic rings. The lowest BCUT2D eigenvalue weighted by Gasteiger charge is -2.30. The Morgan fingerprint density at radius 3 is 2.46 bits per heavy atom. The predicted octanol–water partition coefficient (Wildman–Crippen LogP) is 4.30. The van der Waals surface area contributed by atoms with Gasteiger partial charge in [-0.3, -0.25) is 4.79 Å². The summed E-state index contributed by atoms with van der Waals surface area (Å²) in [6.07, 6.45) is 3.03. The van der Waals surface area contributed by atoms with Gasteiger partial charge in [-0.1, -0.05) is 19.8 Å². The van der Waals surface area contributed by atoms with E-state index in [2.05, 4.69) is 12.2 Å². The van der Waals surface area contributed by atoms with Gasteiger partial charge in [-0.05, 0) is 36.8 Å². The van der Waals surface area contributed by atoms with Gasteiger partial charge in [0.15, 0.2) is 11.5 Å². The smallest absolute Gasteiger partial charge is 0.322 e. The van der Waals surface area contributed by atoms with Gasteiger partial charge in [-0.25, -0.2) is 9.18 Å². The highest BCUT2D eigenvalue weighted by atomic mass is 19.1. The summed E-state index contributed by atoms with van der Waals surface area (Å²) >= 11 is 0. The number of ether oxygens (including phenoxy) is 4. The van der Waals surface area contributed by atoms with Gasteiger partial charge in [0.2, 0.25) is 5.91 Å². The summed E-state index contributed by atoms with van der Waals surface area (Å²) in [7, 11) is 3.03. The lowest BCUT2D eigenvalue weighted by atomic mass is 10.1. The third kappa shape index (κ3) is 8.24. The molecule has 0 spiro atoms. The molecule has 9 nitrogen and oxygen atoms in total. The van der Waals surface area contributed by atoms with E-state index in [4.69, 9.17) is 18.9 Å². The van der Waals surface area contributed by atoms with Crippen LogP contribution < -0.4 is 19.5 Å². The van der Waals surface area contributed by atoms with Crippen molar-refractivity contribution in [1.82, 2.24) is 9.80 Å². The monoisotopic (exact) mass is 517 g/mol. The van der Waals surface area contributed by atoms with Gasteiger partial charge in [-0.2, -0.15) is 0 Å². The van der Waals surface area contributed by atoms with E-state index in [0.717, 1.165) is 19.3 Å². The normalized spacial score (nSPS) is 13.1. The highest BCUT2D eigenvalue weighted by Crippen LogP contribution is 2.31. The molecule has 0 radical (unpaired) electrons. The minimum atomic E-state index is -0.518. The molecule has 3 amide bonds. The number of carbonyl (C=O) groups excluding carboxylic acids is 2. The van der Waals surface area contributed by atoms with Crippen LogP contribution >= 0.6 is 0 Å². The first-order valence-electron chi connectivity index (χ1n) is 12.5. The van der Waals surface area contributed by atoms with Crippen LogP contribution in [-0.2, 0) is 16.1 Å². The fourth-order valence-corrected chi connectivity index (χ4v) is 3.96. The molecule has 1 aliphatic heterocycles. The second kappa shape index (κ2) is 14.3. The number of anilines is 1. The Kier molecular flexibility index (Phi) is 10.8. The van der Waals surface area contributed by atoms with Crippen molar-refractivity contribution >= 4 is 17.6 Å². The molecule has 10 heteroatoms. The largest absolute Gasteiger partial charge is 0.496 e. The number of amides is 3. The van der Waals surface area contributed by atoms with E-state index in [-0.39, 0.29) is 19.0 Å². The minimum Gasteiger partial charge on any atom is -0.496 e. The number of hydrogen-bond acceptors (Lipinski definition) is 6. The van der Waals surface area contributed by atoms with Gasteiger partial charge in [-0.15, -0.1) is 0 Å². The summed E-state index contributed by atoms with van der Waals surface area (Å²) in [6, 6.07) is 8.65. The van der Waals surface area contributed by atoms with Crippen LogP contribution in [0, 0.1) is 5.82 Å². The number of halogens is 1. The lowest BCUT2D eigenvalue weighted by Crippen LogP contribution is -2.47. The van der Waals surface area contributed by atoms with Gasteiger partial charge in [0.05, 0.1) is 40.6 Å². The van der Waals surface area contributed by atoms with Crippen LogP contribution in [0.3, 0.4) is 0 Å². The van der Waals surface area contributed by atoms with E-state index in [1.807, 2.05) is 0 Å². The maximum absolute atomic E-state index is 14.0. The maximum Gasteiger partial charge on any atom is 0.322 e. The van der Waals surface area contributed by atoms with Crippen molar-refractivity contribution in [2.45, 2.75) is 32.7 Å². The first kappa shape index (κ1) is 28.0. The van der Waals surface area contributed by atoms with Crippen LogP contribution in [0.2, 0.25) is 0 Å². The first-order valence-corrected chi connectivity index (χ1v) is 12.5. The Labute approximate surface area is 217 Å². The highest BCUT2D eigenvalue weighted by Gasteiger charge is 2.24. The van der Waals surface area contributed by atoms with Crippen molar-refractivity contribution in [3.05, 3.63) is 47.8 Å². The first-order chi connectivity index (χ1) is 17.9. The lowest BCUT2D eigenvalue weighted by molar-refractivity contribution is -0.135. The van der Waals surface area contributed by atoms with E-state index >= 15 is 0 Å². The van der Waals surface area contributed by atoms with Crippen molar-refractivity contribution in [2.24, 2.45) is 0 Å². The molecule has 1 fully saturated rings. The van der Waals surface area contributed by atoms with Crippen LogP contribution in [0.25, 0.3) is 0 Å². The maximum atomic E-state index is 14.0. The minimum absolute atomic E-state index is 0.0284. The summed E-state index contributed by atoms with van der Waals surface area (Å²) in [5.74, 6) is 0.807. The third-order valence-corrected chi connectivity index (χ3v) is 6.00. The zero-order chi connectivity index (χ0) is 26.6. The van der Waals surface area contributed by atoms with Gasteiger partial charge in [0.25, 0.3) is 0 Å². The van der Waals surface area contributed by atoms with Crippen LogP contribution in [0.1, 0.15) is 31.7 Å². The summed E-state index contributed by atoms with van der Waals surface area (Å²) in [5, 5.41) is 2.84. The molecule has 2 aromatic rings. The molecular formula is C27H36FN3O6. The zero-order valence-corrected chi connectivity index (χ0v) is 21.8. The second-order valence-electron chi connectivity index (χ2n) is 8.66. The van der Waals surface area contributed by atoms with E-state index in [1.165, 1.54) is 30.2 Å². The fourth-order valence-electron chi connectivity index (χ4n) is 3.96. The second-order valence-corrected chi connectivity index (χ2v) is 8.66. The molecule has 0 aliphatic carbocycles. The number of rotatable bonds is 12. The average molecular weight is 518 g/mol. The molecule has 2 aromatic carbocycles. The zero-order valence-electron chi connectivity index (χ0n) is 21.8. The van der Waals surface area contributed by atoms with Crippen molar-refractivity contribution in [2.75, 3.05) is 59.0 Å². The van der Waals surface area contributed by atoms with Gasteiger partial charge >= 0.3 is 6.03 Å². The SMILES string of the molecule is CCCCCOc1cc(NC(=O)N(CC(=O)N2CCOCC2)Cc2cc(F)ccc2OC)ccc1OC. The van der Waals surface area contributed by atoms with Gasteiger partial charge < -0.3 is 34.1 Å². The predicted molar refractivity (Wildman–Crippen MR) is 138 cm³/mol. The van der Waals surface area contributed by atoms with Crippen LogP contribution in [0.4, 0.5) is 14.9 Å². The van der Waals surface area contributed by atoms with Gasteiger partial charge in [0.1, 0.15) is 18.1 Å². The molecule has 0 atom stereocenters. The third-order valence-electron chi connectivity index (χ3n) is 6.00. The Hall–Kier alpha value is -3.53. The van der Waals surface area contributed by atoms with Crippen LogP contribution in [-0.4, -0.2) is 75.4 Å². The fraction of sp³-hybridized carbons (Fsp3) is 0.481. The number of carbonyl (C=O) groups is 2. The average Bonchev–Trinajstić information content (AvgIpc) is 2.91. The Morgan fingerprint density at radius 1 is 1.03 bits per heavy atom. The molecule has 0 aromatic heterocycles. The Bertz CT molecular complexity index is 1040. The van der Waals surface area contributed by atoms with Crippen molar-refractivity contribution < 1.29 is 32.9 Å². The number of methoxy groups -OCH3 is 2. The molecule has 0 saturated carbocycles. The van der Waals surface area contributed by atoms with E-state index < -0.39 is 11.8 Å². The number of benzene rings is 2. The van der Waals surface area contributed by atoms with Gasteiger partial charge in [0, 0.05) is 30.4 Å². The topological polar surface area (TPSA) is 89.6 Å². The number of unbranched alkanes of at least 4 members (excludes halogenated alkanes) is 2. The van der Waals surface area contributed by atoms with E-state index in [1.54, 1.807) is 30.2 Å². The molecular weight excluding hydrogens is 481 g/mol.